The van der Waals surface area contributed by atoms with Crippen molar-refractivity contribution < 1.29 is 9.59 Å². The molecule has 1 saturated carbocycles. The van der Waals surface area contributed by atoms with Crippen LogP contribution in [-0.2, 0) is 4.79 Å². The normalized spacial score (nSPS) is 18.5. The van der Waals surface area contributed by atoms with Crippen LogP contribution in [0.2, 0.25) is 20.2 Å². The van der Waals surface area contributed by atoms with Crippen molar-refractivity contribution in [2.24, 2.45) is 5.92 Å². The third-order valence-electron chi connectivity index (χ3n) is 4.92. The molecule has 1 aliphatic carbocycles. The van der Waals surface area contributed by atoms with Gasteiger partial charge in [-0.15, -0.1) is 23.2 Å². The van der Waals surface area contributed by atoms with E-state index in [1.165, 1.54) is 24.5 Å². The maximum Gasteiger partial charge on any atom is 0.258 e. The van der Waals surface area contributed by atoms with E-state index in [9.17, 15) is 9.59 Å². The Bertz CT molecular complexity index is 1230. The Balaban J connectivity index is 1.50. The van der Waals surface area contributed by atoms with E-state index in [-0.39, 0.29) is 21.6 Å². The van der Waals surface area contributed by atoms with Crippen LogP contribution in [0.4, 0.5) is 11.5 Å². The average Bonchev–Trinajstić information content (AvgIpc) is 3.32. The van der Waals surface area contributed by atoms with Crippen molar-refractivity contribution in [2.45, 2.75) is 10.3 Å². The predicted octanol–water partition coefficient (Wildman–Crippen LogP) is 6.87. The zero-order valence-electron chi connectivity index (χ0n) is 16.3. The molecule has 2 amide bonds. The molecule has 3 aromatic rings. The van der Waals surface area contributed by atoms with Crippen molar-refractivity contribution in [3.05, 3.63) is 80.1 Å². The molecule has 0 saturated heterocycles. The van der Waals surface area contributed by atoms with E-state index in [0.717, 1.165) is 0 Å². The number of nitrogens with zero attached hydrogens (tertiary/aromatic N) is 2. The van der Waals surface area contributed by atoms with E-state index < -0.39 is 28.0 Å². The summed E-state index contributed by atoms with van der Waals surface area (Å²) in [6.07, 6.45) is 2.59. The molecule has 1 fully saturated rings. The summed E-state index contributed by atoms with van der Waals surface area (Å²) in [6.45, 7) is 0. The lowest BCUT2D eigenvalue weighted by molar-refractivity contribution is -0.117. The summed E-state index contributed by atoms with van der Waals surface area (Å²) in [5.41, 5.74) is 1.09. The highest BCUT2D eigenvalue weighted by atomic mass is 35.5. The van der Waals surface area contributed by atoms with Crippen molar-refractivity contribution in [2.75, 3.05) is 10.6 Å². The number of carbonyl (C=O) groups is 2. The summed E-state index contributed by atoms with van der Waals surface area (Å²) in [5.74, 6) is -2.05. The number of hydrogen-bond donors (Lipinski definition) is 2. The average molecular weight is 565 g/mol. The van der Waals surface area contributed by atoms with E-state index >= 15 is 0 Å². The van der Waals surface area contributed by atoms with Crippen molar-refractivity contribution in [3.8, 4) is 0 Å². The predicted molar refractivity (Wildman–Crippen MR) is 132 cm³/mol. The standard InChI is InChI=1S/C21H12Cl6N4O2/c22-10-3-9(4-11(23)5-10)17-18(21(17,26)27)20(33)30-12-1-2-14(24)13(6-12)19(32)31-16-8-28-15(25)7-29-16/h1-8,17-18H,(H,30,33)(H,29,31,32). The summed E-state index contributed by atoms with van der Waals surface area (Å²) >= 11 is 36.8. The molecule has 0 spiro atoms. The molecular weight excluding hydrogens is 553 g/mol. The Labute approximate surface area is 218 Å². The smallest absolute Gasteiger partial charge is 0.258 e. The maximum absolute atomic E-state index is 12.9. The Hall–Kier alpha value is -1.80. The van der Waals surface area contributed by atoms with Crippen LogP contribution in [0, 0.1) is 5.92 Å². The molecule has 2 unspecified atom stereocenters. The van der Waals surface area contributed by atoms with Gasteiger partial charge < -0.3 is 10.6 Å². The van der Waals surface area contributed by atoms with Crippen LogP contribution in [0.15, 0.2) is 48.8 Å². The fourth-order valence-electron chi connectivity index (χ4n) is 3.38. The molecule has 0 bridgehead atoms. The molecule has 2 N–H and O–H groups in total. The van der Waals surface area contributed by atoms with Crippen molar-refractivity contribution >= 4 is 92.9 Å². The molecule has 33 heavy (non-hydrogen) atoms. The first-order valence-corrected chi connectivity index (χ1v) is 11.6. The lowest BCUT2D eigenvalue weighted by Crippen LogP contribution is -2.18. The SMILES string of the molecule is O=C(Nc1cnc(Cl)cn1)c1cc(NC(=O)C2C(c3cc(Cl)cc(Cl)c3)C2(Cl)Cl)ccc1Cl. The van der Waals surface area contributed by atoms with Crippen LogP contribution in [0.1, 0.15) is 21.8 Å². The van der Waals surface area contributed by atoms with Gasteiger partial charge in [0.2, 0.25) is 5.91 Å². The maximum atomic E-state index is 12.9. The first kappa shape index (κ1) is 24.3. The van der Waals surface area contributed by atoms with Gasteiger partial charge in [0.15, 0.2) is 5.82 Å². The molecule has 1 heterocycles. The van der Waals surface area contributed by atoms with Crippen LogP contribution >= 0.6 is 69.6 Å². The molecule has 12 heteroatoms. The minimum absolute atomic E-state index is 0.114. The number of nitrogens with one attached hydrogen (secondary N) is 2. The van der Waals surface area contributed by atoms with Gasteiger partial charge in [0.05, 0.1) is 28.9 Å². The summed E-state index contributed by atoms with van der Waals surface area (Å²) in [7, 11) is 0. The zero-order chi connectivity index (χ0) is 23.9. The number of alkyl halides is 2. The second kappa shape index (κ2) is 9.45. The van der Waals surface area contributed by atoms with Gasteiger partial charge in [-0.05, 0) is 42.0 Å². The highest BCUT2D eigenvalue weighted by molar-refractivity contribution is 6.53. The first-order valence-electron chi connectivity index (χ1n) is 9.29. The van der Waals surface area contributed by atoms with Crippen LogP contribution < -0.4 is 10.6 Å². The van der Waals surface area contributed by atoms with E-state index in [0.29, 0.717) is 21.3 Å². The third-order valence-corrected chi connectivity index (χ3v) is 6.82. The van der Waals surface area contributed by atoms with E-state index in [1.807, 2.05) is 0 Å². The van der Waals surface area contributed by atoms with Gasteiger partial charge in [-0.1, -0.05) is 46.4 Å². The van der Waals surface area contributed by atoms with E-state index in [2.05, 4.69) is 20.6 Å². The summed E-state index contributed by atoms with van der Waals surface area (Å²) in [5, 5.41) is 6.46. The van der Waals surface area contributed by atoms with Gasteiger partial charge in [0.25, 0.3) is 5.91 Å². The Kier molecular flexibility index (Phi) is 6.97. The number of halogens is 6. The Morgan fingerprint density at radius 1 is 0.879 bits per heavy atom. The largest absolute Gasteiger partial charge is 0.326 e. The Morgan fingerprint density at radius 3 is 2.21 bits per heavy atom. The second-order valence-electron chi connectivity index (χ2n) is 7.20. The topological polar surface area (TPSA) is 84.0 Å². The van der Waals surface area contributed by atoms with Gasteiger partial charge in [-0.25, -0.2) is 9.97 Å². The summed E-state index contributed by atoms with van der Waals surface area (Å²) in [6, 6.07) is 9.36. The summed E-state index contributed by atoms with van der Waals surface area (Å²) < 4.78 is -1.34. The zero-order valence-corrected chi connectivity index (χ0v) is 20.8. The number of aromatic nitrogens is 2. The second-order valence-corrected chi connectivity index (χ2v) is 10.3. The molecule has 1 aliphatic rings. The molecule has 4 rings (SSSR count). The first-order chi connectivity index (χ1) is 15.6. The highest BCUT2D eigenvalue weighted by Crippen LogP contribution is 2.65. The van der Waals surface area contributed by atoms with Gasteiger partial charge in [-0.2, -0.15) is 0 Å². The van der Waals surface area contributed by atoms with Crippen LogP contribution in [-0.4, -0.2) is 26.1 Å². The summed E-state index contributed by atoms with van der Waals surface area (Å²) in [4.78, 5) is 33.4. The van der Waals surface area contributed by atoms with Crippen LogP contribution in [0.5, 0.6) is 0 Å². The van der Waals surface area contributed by atoms with E-state index in [1.54, 1.807) is 24.3 Å². The highest BCUT2D eigenvalue weighted by Gasteiger charge is 2.67. The lowest BCUT2D eigenvalue weighted by Gasteiger charge is -2.10. The molecule has 0 radical (unpaired) electrons. The molecule has 2 atom stereocenters. The van der Waals surface area contributed by atoms with Crippen LogP contribution in [0.3, 0.4) is 0 Å². The lowest BCUT2D eigenvalue weighted by atomic mass is 10.1. The van der Waals surface area contributed by atoms with Crippen molar-refractivity contribution in [1.29, 1.82) is 0 Å². The monoisotopic (exact) mass is 562 g/mol. The third kappa shape index (κ3) is 5.32. The van der Waals surface area contributed by atoms with E-state index in [4.69, 9.17) is 69.6 Å². The molecule has 170 valence electrons. The van der Waals surface area contributed by atoms with Crippen molar-refractivity contribution in [3.63, 3.8) is 0 Å². The van der Waals surface area contributed by atoms with Crippen molar-refractivity contribution in [1.82, 2.24) is 9.97 Å². The van der Waals surface area contributed by atoms with Gasteiger partial charge in [-0.3, -0.25) is 9.59 Å². The minimum Gasteiger partial charge on any atom is -0.326 e. The molecule has 1 aromatic heterocycles. The number of anilines is 2. The molecule has 2 aromatic carbocycles. The van der Waals surface area contributed by atoms with Gasteiger partial charge in [0, 0.05) is 21.7 Å². The fourth-order valence-corrected chi connectivity index (χ4v) is 5.05. The van der Waals surface area contributed by atoms with Crippen LogP contribution in [0.25, 0.3) is 0 Å². The molecular formula is C21H12Cl6N4O2. The number of benzene rings is 2. The molecule has 6 nitrogen and oxygen atoms in total. The minimum atomic E-state index is -1.34. The number of hydrogen-bond acceptors (Lipinski definition) is 4. The number of amides is 2. The van der Waals surface area contributed by atoms with Gasteiger partial charge in [0.1, 0.15) is 9.49 Å². The number of rotatable bonds is 5. The molecule has 0 aliphatic heterocycles. The fraction of sp³-hybridized carbons (Fsp3) is 0.143. The van der Waals surface area contributed by atoms with Gasteiger partial charge >= 0.3 is 0 Å². The Morgan fingerprint density at radius 2 is 1.58 bits per heavy atom. The number of carbonyl (C=O) groups excluding carboxylic acids is 2. The quantitative estimate of drug-likeness (QED) is 0.331.